The third kappa shape index (κ3) is 3.45. The highest BCUT2D eigenvalue weighted by Gasteiger charge is 2.59. The van der Waals surface area contributed by atoms with E-state index in [1.54, 1.807) is 41.2 Å². The van der Waals surface area contributed by atoms with Crippen LogP contribution in [0.25, 0.3) is 0 Å². The van der Waals surface area contributed by atoms with Crippen molar-refractivity contribution in [3.8, 4) is 5.75 Å². The van der Waals surface area contributed by atoms with E-state index in [0.29, 0.717) is 34.9 Å². The summed E-state index contributed by atoms with van der Waals surface area (Å²) in [5, 5.41) is 0. The first-order chi connectivity index (χ1) is 15.9. The maximum absolute atomic E-state index is 14.0. The largest absolute Gasteiger partial charge is 0.497 e. The van der Waals surface area contributed by atoms with Crippen molar-refractivity contribution >= 4 is 29.3 Å². The summed E-state index contributed by atoms with van der Waals surface area (Å²) < 4.78 is 32.2. The first-order valence-electron chi connectivity index (χ1n) is 10.4. The van der Waals surface area contributed by atoms with Crippen LogP contribution in [0, 0.1) is 11.6 Å². The molecule has 0 bridgehead atoms. The number of fused-ring (bicyclic) bond motifs is 2. The van der Waals surface area contributed by atoms with E-state index in [0.717, 1.165) is 5.56 Å². The van der Waals surface area contributed by atoms with Gasteiger partial charge in [-0.1, -0.05) is 12.1 Å². The Hall–Kier alpha value is -3.39. The van der Waals surface area contributed by atoms with Crippen molar-refractivity contribution in [2.45, 2.75) is 11.4 Å². The molecule has 0 radical (unpaired) electrons. The molecule has 3 aromatic rings. The second kappa shape index (κ2) is 8.19. The number of amides is 2. The minimum atomic E-state index is -1.25. The van der Waals surface area contributed by atoms with E-state index in [9.17, 15) is 18.4 Å². The van der Waals surface area contributed by atoms with Gasteiger partial charge in [0.1, 0.15) is 17.4 Å². The van der Waals surface area contributed by atoms with Crippen LogP contribution >= 0.6 is 11.8 Å². The van der Waals surface area contributed by atoms with Gasteiger partial charge in [-0.15, -0.1) is 11.8 Å². The quantitative estimate of drug-likeness (QED) is 0.566. The molecule has 2 aliphatic rings. The lowest BCUT2D eigenvalue weighted by Crippen LogP contribution is -2.50. The SMILES string of the molecule is COc1ccc2c(c1)[C@@]1(SCCN1C(=O)c1ccc(F)cc1)C(=O)N2Cc1ccc(F)cc1. The maximum atomic E-state index is 14.0. The lowest BCUT2D eigenvalue weighted by Gasteiger charge is -2.33. The van der Waals surface area contributed by atoms with E-state index in [-0.39, 0.29) is 24.2 Å². The zero-order valence-electron chi connectivity index (χ0n) is 17.8. The van der Waals surface area contributed by atoms with Crippen molar-refractivity contribution in [2.75, 3.05) is 24.3 Å². The van der Waals surface area contributed by atoms with Crippen molar-refractivity contribution in [1.82, 2.24) is 4.90 Å². The molecule has 5 rings (SSSR count). The van der Waals surface area contributed by atoms with Crippen LogP contribution in [0.5, 0.6) is 5.75 Å². The zero-order chi connectivity index (χ0) is 23.2. The van der Waals surface area contributed by atoms with E-state index >= 15 is 0 Å². The summed E-state index contributed by atoms with van der Waals surface area (Å²) in [5.74, 6) is -0.227. The molecule has 0 N–H and O–H groups in total. The van der Waals surface area contributed by atoms with Crippen molar-refractivity contribution < 1.29 is 23.1 Å². The maximum Gasteiger partial charge on any atom is 0.268 e. The third-order valence-corrected chi connectivity index (χ3v) is 7.41. The van der Waals surface area contributed by atoms with Gasteiger partial charge >= 0.3 is 0 Å². The van der Waals surface area contributed by atoms with Crippen molar-refractivity contribution in [2.24, 2.45) is 0 Å². The summed E-state index contributed by atoms with van der Waals surface area (Å²) in [6.45, 7) is 0.604. The number of hydrogen-bond acceptors (Lipinski definition) is 4. The van der Waals surface area contributed by atoms with E-state index in [2.05, 4.69) is 0 Å². The molecule has 0 aliphatic carbocycles. The number of nitrogens with zero attached hydrogens (tertiary/aromatic N) is 2. The number of halogens is 2. The number of hydrogen-bond donors (Lipinski definition) is 0. The number of anilines is 1. The Morgan fingerprint density at radius 1 is 1.03 bits per heavy atom. The van der Waals surface area contributed by atoms with Gasteiger partial charge in [0.05, 0.1) is 19.3 Å². The topological polar surface area (TPSA) is 49.9 Å². The van der Waals surface area contributed by atoms with Crippen molar-refractivity contribution in [3.05, 3.63) is 95.1 Å². The predicted molar refractivity (Wildman–Crippen MR) is 122 cm³/mol. The second-order valence-corrected chi connectivity index (χ2v) is 9.14. The second-order valence-electron chi connectivity index (χ2n) is 7.86. The molecule has 3 aromatic carbocycles. The molecule has 5 nitrogen and oxygen atoms in total. The van der Waals surface area contributed by atoms with E-state index in [4.69, 9.17) is 4.74 Å². The summed E-state index contributed by atoms with van der Waals surface area (Å²) in [5.41, 5.74) is 2.43. The fourth-order valence-electron chi connectivity index (χ4n) is 4.40. The normalized spacial score (nSPS) is 19.3. The Morgan fingerprint density at radius 2 is 1.70 bits per heavy atom. The van der Waals surface area contributed by atoms with Gasteiger partial charge in [0.2, 0.25) is 0 Å². The molecular weight excluding hydrogens is 446 g/mol. The number of methoxy groups -OCH3 is 1. The van der Waals surface area contributed by atoms with Crippen molar-refractivity contribution in [3.63, 3.8) is 0 Å². The Bertz CT molecular complexity index is 1230. The minimum Gasteiger partial charge on any atom is -0.497 e. The van der Waals surface area contributed by atoms with E-state index in [1.807, 2.05) is 6.07 Å². The van der Waals surface area contributed by atoms with Gasteiger partial charge in [-0.3, -0.25) is 9.59 Å². The highest BCUT2D eigenvalue weighted by atomic mass is 32.2. The summed E-state index contributed by atoms with van der Waals surface area (Å²) in [6.07, 6.45) is 0. The number of carbonyl (C=O) groups is 2. The van der Waals surface area contributed by atoms with E-state index in [1.165, 1.54) is 48.2 Å². The minimum absolute atomic E-state index is 0.235. The number of thioether (sulfide) groups is 1. The van der Waals surface area contributed by atoms with Crippen LogP contribution in [0.2, 0.25) is 0 Å². The summed E-state index contributed by atoms with van der Waals surface area (Å²) in [6, 6.07) is 16.7. The Morgan fingerprint density at radius 3 is 2.36 bits per heavy atom. The first kappa shape index (κ1) is 21.5. The van der Waals surface area contributed by atoms with Gasteiger partial charge in [0.25, 0.3) is 11.8 Å². The molecule has 1 fully saturated rings. The van der Waals surface area contributed by atoms with Gasteiger partial charge < -0.3 is 14.5 Å². The fraction of sp³-hybridized carbons (Fsp3) is 0.200. The Labute approximate surface area is 193 Å². The molecule has 0 unspecified atom stereocenters. The molecule has 33 heavy (non-hydrogen) atoms. The smallest absolute Gasteiger partial charge is 0.268 e. The van der Waals surface area contributed by atoms with Crippen LogP contribution in [0.1, 0.15) is 21.5 Å². The van der Waals surface area contributed by atoms with Crippen LogP contribution < -0.4 is 9.64 Å². The molecule has 0 saturated carbocycles. The zero-order valence-corrected chi connectivity index (χ0v) is 18.6. The average molecular weight is 467 g/mol. The van der Waals surface area contributed by atoms with Gasteiger partial charge in [-0.2, -0.15) is 0 Å². The highest BCUT2D eigenvalue weighted by Crippen LogP contribution is 2.55. The molecule has 0 aromatic heterocycles. The average Bonchev–Trinajstić information content (AvgIpc) is 3.37. The van der Waals surface area contributed by atoms with Crippen LogP contribution in [0.15, 0.2) is 66.7 Å². The molecule has 2 aliphatic heterocycles. The molecule has 1 saturated heterocycles. The molecule has 8 heteroatoms. The lowest BCUT2D eigenvalue weighted by molar-refractivity contribution is -0.123. The van der Waals surface area contributed by atoms with Gasteiger partial charge in [0.15, 0.2) is 4.87 Å². The van der Waals surface area contributed by atoms with Crippen LogP contribution in [0.3, 0.4) is 0 Å². The third-order valence-electron chi connectivity index (χ3n) is 5.99. The molecule has 2 amide bonds. The van der Waals surface area contributed by atoms with Crippen molar-refractivity contribution in [1.29, 1.82) is 0 Å². The van der Waals surface area contributed by atoms with Crippen LogP contribution in [-0.4, -0.2) is 36.1 Å². The number of ether oxygens (including phenoxy) is 1. The molecule has 1 atom stereocenters. The number of rotatable bonds is 4. The Balaban J connectivity index is 1.60. The summed E-state index contributed by atoms with van der Waals surface area (Å²) >= 11 is 1.40. The number of benzene rings is 3. The van der Waals surface area contributed by atoms with Gasteiger partial charge in [-0.05, 0) is 60.2 Å². The molecule has 168 valence electrons. The standard InChI is InChI=1S/C25H20F2N2O3S/c1-32-20-10-11-22-21(14-20)25(24(31)28(22)15-16-2-6-18(26)7-3-16)29(12-13-33-25)23(30)17-4-8-19(27)9-5-17/h2-11,14H,12-13,15H2,1H3/t25-/m1/s1. The van der Waals surface area contributed by atoms with E-state index < -0.39 is 10.7 Å². The molecular formula is C25H20F2N2O3S. The van der Waals surface area contributed by atoms with Crippen LogP contribution in [0.4, 0.5) is 14.5 Å². The van der Waals surface area contributed by atoms with Gasteiger partial charge in [-0.25, -0.2) is 8.78 Å². The highest BCUT2D eigenvalue weighted by molar-refractivity contribution is 8.01. The number of carbonyl (C=O) groups excluding carboxylic acids is 2. The Kier molecular flexibility index (Phi) is 5.32. The first-order valence-corrected chi connectivity index (χ1v) is 11.4. The molecule has 1 spiro atoms. The van der Waals surface area contributed by atoms with Gasteiger partial charge in [0, 0.05) is 23.4 Å². The predicted octanol–water partition coefficient (Wildman–Crippen LogP) is 4.56. The summed E-state index contributed by atoms with van der Waals surface area (Å²) in [4.78, 5) is 29.4. The fourth-order valence-corrected chi connectivity index (χ4v) is 5.85. The van der Waals surface area contributed by atoms with Crippen LogP contribution in [-0.2, 0) is 16.2 Å². The monoisotopic (exact) mass is 466 g/mol. The molecule has 2 heterocycles. The lowest BCUT2D eigenvalue weighted by atomic mass is 10.0. The summed E-state index contributed by atoms with van der Waals surface area (Å²) in [7, 11) is 1.55.